The molecule has 1 aromatic rings. The van der Waals surface area contributed by atoms with E-state index in [1.54, 1.807) is 0 Å². The molecule has 0 spiro atoms. The smallest absolute Gasteiger partial charge is 0.235 e. The van der Waals surface area contributed by atoms with Crippen LogP contribution in [0, 0.1) is 0 Å². The van der Waals surface area contributed by atoms with E-state index in [0.717, 1.165) is 19.4 Å². The standard InChI is InChI=1S/C14H19NOS/c1-3-12(11-7-5-4-6-8-11)17-13-9-10-15(2)14(13)16/h4-8,12-13H,3,9-10H2,1-2H3/t12-,13-/m0/s1. The highest BCUT2D eigenvalue weighted by Gasteiger charge is 2.31. The van der Waals surface area contributed by atoms with Crippen LogP contribution in [0.2, 0.25) is 0 Å². The number of thioether (sulfide) groups is 1. The highest BCUT2D eigenvalue weighted by atomic mass is 32.2. The lowest BCUT2D eigenvalue weighted by Crippen LogP contribution is -2.24. The molecule has 0 saturated carbocycles. The van der Waals surface area contributed by atoms with Gasteiger partial charge in [-0.2, -0.15) is 0 Å². The summed E-state index contributed by atoms with van der Waals surface area (Å²) in [5.74, 6) is 0.296. The van der Waals surface area contributed by atoms with E-state index in [9.17, 15) is 4.79 Å². The Morgan fingerprint density at radius 3 is 2.65 bits per heavy atom. The van der Waals surface area contributed by atoms with Crippen LogP contribution in [-0.4, -0.2) is 29.6 Å². The third kappa shape index (κ3) is 2.83. The van der Waals surface area contributed by atoms with Gasteiger partial charge >= 0.3 is 0 Å². The van der Waals surface area contributed by atoms with E-state index in [0.29, 0.717) is 11.2 Å². The highest BCUT2D eigenvalue weighted by Crippen LogP contribution is 2.38. The van der Waals surface area contributed by atoms with Crippen LogP contribution in [0.4, 0.5) is 0 Å². The second-order valence-electron chi connectivity index (χ2n) is 4.48. The Labute approximate surface area is 107 Å². The Kier molecular flexibility index (Phi) is 4.11. The summed E-state index contributed by atoms with van der Waals surface area (Å²) in [6, 6.07) is 10.5. The average molecular weight is 249 g/mol. The van der Waals surface area contributed by atoms with Gasteiger partial charge in [-0.3, -0.25) is 4.79 Å². The van der Waals surface area contributed by atoms with E-state index >= 15 is 0 Å². The molecule has 3 heteroatoms. The largest absolute Gasteiger partial charge is 0.345 e. The van der Waals surface area contributed by atoms with Gasteiger partial charge < -0.3 is 4.90 Å². The Morgan fingerprint density at radius 2 is 2.12 bits per heavy atom. The predicted molar refractivity (Wildman–Crippen MR) is 73.1 cm³/mol. The number of carbonyl (C=O) groups is 1. The molecule has 0 N–H and O–H groups in total. The zero-order valence-electron chi connectivity index (χ0n) is 10.4. The minimum absolute atomic E-state index is 0.158. The molecule has 1 fully saturated rings. The molecule has 1 aromatic carbocycles. The molecule has 92 valence electrons. The van der Waals surface area contributed by atoms with Crippen LogP contribution in [0.3, 0.4) is 0 Å². The molecule has 2 atom stereocenters. The molecule has 1 amide bonds. The minimum Gasteiger partial charge on any atom is -0.345 e. The van der Waals surface area contributed by atoms with Crippen molar-refractivity contribution in [3.05, 3.63) is 35.9 Å². The number of nitrogens with zero attached hydrogens (tertiary/aromatic N) is 1. The number of likely N-dealkylation sites (tertiary alicyclic amines) is 1. The van der Waals surface area contributed by atoms with Gasteiger partial charge in [0.1, 0.15) is 0 Å². The number of rotatable bonds is 4. The van der Waals surface area contributed by atoms with Crippen molar-refractivity contribution in [2.75, 3.05) is 13.6 Å². The number of amides is 1. The van der Waals surface area contributed by atoms with Crippen molar-refractivity contribution in [2.45, 2.75) is 30.3 Å². The lowest BCUT2D eigenvalue weighted by Gasteiger charge is -2.18. The van der Waals surface area contributed by atoms with Crippen LogP contribution >= 0.6 is 11.8 Å². The van der Waals surface area contributed by atoms with Crippen molar-refractivity contribution >= 4 is 17.7 Å². The molecule has 1 saturated heterocycles. The zero-order chi connectivity index (χ0) is 12.3. The number of carbonyl (C=O) groups excluding carboxylic acids is 1. The topological polar surface area (TPSA) is 20.3 Å². The molecule has 2 nitrogen and oxygen atoms in total. The van der Waals surface area contributed by atoms with Gasteiger partial charge in [0, 0.05) is 18.8 Å². The fraction of sp³-hybridized carbons (Fsp3) is 0.500. The van der Waals surface area contributed by atoms with Crippen LogP contribution < -0.4 is 0 Å². The summed E-state index contributed by atoms with van der Waals surface area (Å²) in [5.41, 5.74) is 1.34. The molecule has 1 aliphatic rings. The molecule has 0 radical (unpaired) electrons. The van der Waals surface area contributed by atoms with Crippen LogP contribution in [0.5, 0.6) is 0 Å². The zero-order valence-corrected chi connectivity index (χ0v) is 11.2. The van der Waals surface area contributed by atoms with Gasteiger partial charge in [0.05, 0.1) is 5.25 Å². The summed E-state index contributed by atoms with van der Waals surface area (Å²) < 4.78 is 0. The van der Waals surface area contributed by atoms with Crippen molar-refractivity contribution in [2.24, 2.45) is 0 Å². The maximum absolute atomic E-state index is 11.9. The van der Waals surface area contributed by atoms with Crippen molar-refractivity contribution in [3.8, 4) is 0 Å². The van der Waals surface area contributed by atoms with Crippen LogP contribution in [0.25, 0.3) is 0 Å². The summed E-state index contributed by atoms with van der Waals surface area (Å²) in [6.07, 6.45) is 2.06. The molecule has 1 aliphatic heterocycles. The highest BCUT2D eigenvalue weighted by molar-refractivity contribution is 8.00. The lowest BCUT2D eigenvalue weighted by atomic mass is 10.1. The molecule has 0 bridgehead atoms. The van der Waals surface area contributed by atoms with Gasteiger partial charge in [0.25, 0.3) is 0 Å². The van der Waals surface area contributed by atoms with Gasteiger partial charge in [-0.1, -0.05) is 37.3 Å². The van der Waals surface area contributed by atoms with E-state index in [-0.39, 0.29) is 5.25 Å². The van der Waals surface area contributed by atoms with Gasteiger partial charge in [0.15, 0.2) is 0 Å². The Bertz CT molecular complexity index is 379. The van der Waals surface area contributed by atoms with Crippen LogP contribution in [0.15, 0.2) is 30.3 Å². The van der Waals surface area contributed by atoms with Crippen molar-refractivity contribution < 1.29 is 4.79 Å². The van der Waals surface area contributed by atoms with Gasteiger partial charge in [0.2, 0.25) is 5.91 Å². The SMILES string of the molecule is CC[C@H](S[C@H]1CCN(C)C1=O)c1ccccc1. The average Bonchev–Trinajstić information content (AvgIpc) is 2.68. The normalized spacial score (nSPS) is 21.9. The second kappa shape index (κ2) is 5.58. The van der Waals surface area contributed by atoms with Gasteiger partial charge in [-0.25, -0.2) is 0 Å². The maximum atomic E-state index is 11.9. The predicted octanol–water partition coefficient (Wildman–Crippen LogP) is 3.10. The Morgan fingerprint density at radius 1 is 1.41 bits per heavy atom. The molecule has 0 unspecified atom stereocenters. The second-order valence-corrected chi connectivity index (χ2v) is 5.89. The molecule has 0 aliphatic carbocycles. The first-order valence-electron chi connectivity index (χ1n) is 6.17. The first-order chi connectivity index (χ1) is 8.22. The number of benzene rings is 1. The molecule has 1 heterocycles. The van der Waals surface area contributed by atoms with Crippen LogP contribution in [0.1, 0.15) is 30.6 Å². The molecular formula is C14H19NOS. The third-order valence-corrected chi connectivity index (χ3v) is 4.95. The minimum atomic E-state index is 0.158. The van der Waals surface area contributed by atoms with Crippen LogP contribution in [-0.2, 0) is 4.79 Å². The van der Waals surface area contributed by atoms with Crippen molar-refractivity contribution in [1.29, 1.82) is 0 Å². The van der Waals surface area contributed by atoms with Gasteiger partial charge in [-0.05, 0) is 18.4 Å². The maximum Gasteiger partial charge on any atom is 0.235 e. The molecule has 17 heavy (non-hydrogen) atoms. The van der Waals surface area contributed by atoms with E-state index in [1.165, 1.54) is 5.56 Å². The molecular weight excluding hydrogens is 230 g/mol. The number of hydrogen-bond acceptors (Lipinski definition) is 2. The van der Waals surface area contributed by atoms with E-state index in [2.05, 4.69) is 31.2 Å². The summed E-state index contributed by atoms with van der Waals surface area (Å²) in [4.78, 5) is 13.7. The van der Waals surface area contributed by atoms with Crippen molar-refractivity contribution in [1.82, 2.24) is 4.90 Å². The fourth-order valence-electron chi connectivity index (χ4n) is 2.19. The quantitative estimate of drug-likeness (QED) is 0.817. The Hall–Kier alpha value is -0.960. The first-order valence-corrected chi connectivity index (χ1v) is 7.12. The van der Waals surface area contributed by atoms with E-state index in [1.807, 2.05) is 29.8 Å². The summed E-state index contributed by atoms with van der Waals surface area (Å²) in [5, 5.41) is 0.599. The summed E-state index contributed by atoms with van der Waals surface area (Å²) in [7, 11) is 1.90. The molecule has 2 rings (SSSR count). The third-order valence-electron chi connectivity index (χ3n) is 3.25. The lowest BCUT2D eigenvalue weighted by molar-refractivity contribution is -0.126. The first kappa shape index (κ1) is 12.5. The van der Waals surface area contributed by atoms with Crippen molar-refractivity contribution in [3.63, 3.8) is 0 Å². The summed E-state index contributed by atoms with van der Waals surface area (Å²) in [6.45, 7) is 3.09. The fourth-order valence-corrected chi connectivity index (χ4v) is 3.63. The summed E-state index contributed by atoms with van der Waals surface area (Å²) >= 11 is 1.83. The monoisotopic (exact) mass is 249 g/mol. The van der Waals surface area contributed by atoms with E-state index < -0.39 is 0 Å². The molecule has 0 aromatic heterocycles. The van der Waals surface area contributed by atoms with E-state index in [4.69, 9.17) is 0 Å². The Balaban J connectivity index is 2.04. The number of hydrogen-bond donors (Lipinski definition) is 0. The van der Waals surface area contributed by atoms with Gasteiger partial charge in [-0.15, -0.1) is 11.8 Å².